The quantitative estimate of drug-likeness (QED) is 0.413. The molecule has 0 aliphatic carbocycles. The minimum absolute atomic E-state index is 0.423. The van der Waals surface area contributed by atoms with Crippen molar-refractivity contribution in [3.05, 3.63) is 144 Å². The summed E-state index contributed by atoms with van der Waals surface area (Å²) in [5, 5.41) is 22.8. The summed E-state index contributed by atoms with van der Waals surface area (Å²) in [6, 6.07) is 35.9. The Balaban J connectivity index is 1.82. The fourth-order valence-electron chi connectivity index (χ4n) is 3.83. The van der Waals surface area contributed by atoms with Gasteiger partial charge in [0.2, 0.25) is 0 Å². The molecule has 0 radical (unpaired) electrons. The van der Waals surface area contributed by atoms with Crippen molar-refractivity contribution in [2.45, 2.75) is 17.8 Å². The Labute approximate surface area is 187 Å². The van der Waals surface area contributed by atoms with E-state index in [4.69, 9.17) is 4.74 Å². The number of aliphatic hydroxyl groups is 2. The van der Waals surface area contributed by atoms with Crippen molar-refractivity contribution in [1.29, 1.82) is 0 Å². The molecule has 0 fully saturated rings. The molecular weight excluding hydrogens is 400 g/mol. The van der Waals surface area contributed by atoms with Crippen LogP contribution < -0.4 is 0 Å². The summed E-state index contributed by atoms with van der Waals surface area (Å²) in [6.45, 7) is 0. The minimum Gasteiger partial charge on any atom is -0.451 e. The van der Waals surface area contributed by atoms with Crippen molar-refractivity contribution in [1.82, 2.24) is 0 Å². The van der Waals surface area contributed by atoms with E-state index in [2.05, 4.69) is 0 Å². The average Bonchev–Trinajstić information content (AvgIpc) is 2.88. The van der Waals surface area contributed by atoms with E-state index in [0.29, 0.717) is 22.3 Å². The van der Waals surface area contributed by atoms with Crippen molar-refractivity contribution >= 4 is 5.97 Å². The summed E-state index contributed by atoms with van der Waals surface area (Å²) >= 11 is 0. The number of carbonyl (C=O) groups is 1. The molecule has 2 N–H and O–H groups in total. The van der Waals surface area contributed by atoms with E-state index in [1.807, 2.05) is 54.6 Å². The summed E-state index contributed by atoms with van der Waals surface area (Å²) < 4.78 is 5.89. The van der Waals surface area contributed by atoms with E-state index in [0.717, 1.165) is 0 Å². The number of ether oxygens (including phenoxy) is 1. The van der Waals surface area contributed by atoms with E-state index >= 15 is 0 Å². The lowest BCUT2D eigenvalue weighted by Gasteiger charge is -2.37. The van der Waals surface area contributed by atoms with Crippen LogP contribution in [0.5, 0.6) is 0 Å². The second kappa shape index (κ2) is 9.60. The lowest BCUT2D eigenvalue weighted by Crippen LogP contribution is -2.38. The normalized spacial score (nSPS) is 13.2. The fourth-order valence-corrected chi connectivity index (χ4v) is 3.83. The maximum atomic E-state index is 13.1. The van der Waals surface area contributed by atoms with Crippen LogP contribution in [0.4, 0.5) is 0 Å². The van der Waals surface area contributed by atoms with Crippen molar-refractivity contribution < 1.29 is 19.7 Å². The van der Waals surface area contributed by atoms with Crippen LogP contribution in [0.2, 0.25) is 0 Å². The fraction of sp³-hybridized carbons (Fsp3) is 0.107. The number of rotatable bonds is 7. The molecule has 0 saturated carbocycles. The van der Waals surface area contributed by atoms with Gasteiger partial charge in [-0.2, -0.15) is 0 Å². The number of benzene rings is 4. The Morgan fingerprint density at radius 1 is 0.625 bits per heavy atom. The molecule has 0 unspecified atom stereocenters. The molecule has 0 saturated heterocycles. The van der Waals surface area contributed by atoms with E-state index < -0.39 is 23.8 Å². The van der Waals surface area contributed by atoms with Crippen molar-refractivity contribution in [3.63, 3.8) is 0 Å². The highest BCUT2D eigenvalue weighted by Crippen LogP contribution is 2.43. The first-order valence-corrected chi connectivity index (χ1v) is 10.4. The Hall–Kier alpha value is -3.73. The molecule has 4 nitrogen and oxygen atoms in total. The summed E-state index contributed by atoms with van der Waals surface area (Å²) in [6.07, 6.45) is -2.57. The Morgan fingerprint density at radius 2 is 1.00 bits per heavy atom. The van der Waals surface area contributed by atoms with E-state index in [1.54, 1.807) is 66.7 Å². The lowest BCUT2D eigenvalue weighted by molar-refractivity contribution is -0.173. The Bertz CT molecular complexity index is 1090. The topological polar surface area (TPSA) is 66.8 Å². The second-order valence-corrected chi connectivity index (χ2v) is 7.54. The van der Waals surface area contributed by atoms with Gasteiger partial charge < -0.3 is 14.9 Å². The highest BCUT2D eigenvalue weighted by atomic mass is 16.6. The zero-order valence-electron chi connectivity index (χ0n) is 17.4. The third kappa shape index (κ3) is 4.33. The molecule has 4 aromatic rings. The van der Waals surface area contributed by atoms with Gasteiger partial charge in [0.05, 0.1) is 0 Å². The molecule has 0 bridgehead atoms. The molecule has 0 spiro atoms. The summed E-state index contributed by atoms with van der Waals surface area (Å²) in [4.78, 5) is 13.1. The second-order valence-electron chi connectivity index (χ2n) is 7.54. The largest absolute Gasteiger partial charge is 0.451 e. The predicted octanol–water partition coefficient (Wildman–Crippen LogP) is 4.94. The zero-order chi connectivity index (χ0) is 22.4. The summed E-state index contributed by atoms with van der Waals surface area (Å²) in [5.41, 5.74) is 0.489. The SMILES string of the molecule is O=C(O[C@H](c1ccccc1)C(O)(c1ccccc1)c1ccccc1)[C@@H](O)c1ccccc1. The van der Waals surface area contributed by atoms with Crippen LogP contribution in [-0.4, -0.2) is 16.2 Å². The van der Waals surface area contributed by atoms with Crippen LogP contribution in [-0.2, 0) is 15.1 Å². The van der Waals surface area contributed by atoms with Gasteiger partial charge in [-0.25, -0.2) is 4.79 Å². The van der Waals surface area contributed by atoms with Crippen LogP contribution >= 0.6 is 0 Å². The van der Waals surface area contributed by atoms with E-state index in [-0.39, 0.29) is 0 Å². The van der Waals surface area contributed by atoms with Gasteiger partial charge in [-0.3, -0.25) is 0 Å². The molecule has 32 heavy (non-hydrogen) atoms. The minimum atomic E-state index is -1.68. The van der Waals surface area contributed by atoms with Gasteiger partial charge in [-0.15, -0.1) is 0 Å². The maximum absolute atomic E-state index is 13.1. The standard InChI is InChI=1S/C28H24O4/c29-25(21-13-5-1-6-14-21)27(30)32-26(22-15-7-2-8-16-22)28(31,23-17-9-3-10-18-23)24-19-11-4-12-20-24/h1-20,25-26,29,31H/t25-,26+/m0/s1. The number of hydrogen-bond donors (Lipinski definition) is 2. The zero-order valence-corrected chi connectivity index (χ0v) is 17.4. The molecule has 2 atom stereocenters. The van der Waals surface area contributed by atoms with E-state index in [9.17, 15) is 15.0 Å². The molecule has 160 valence electrons. The third-order valence-corrected chi connectivity index (χ3v) is 5.48. The summed E-state index contributed by atoms with van der Waals surface area (Å²) in [7, 11) is 0. The molecule has 4 aromatic carbocycles. The summed E-state index contributed by atoms with van der Waals surface area (Å²) in [5.74, 6) is -0.838. The number of carbonyl (C=O) groups excluding carboxylic acids is 1. The van der Waals surface area contributed by atoms with Crippen molar-refractivity contribution in [3.8, 4) is 0 Å². The molecule has 4 rings (SSSR count). The molecular formula is C28H24O4. The first-order chi connectivity index (χ1) is 15.6. The molecule has 4 heteroatoms. The molecule has 0 aliphatic heterocycles. The molecule has 0 heterocycles. The van der Waals surface area contributed by atoms with E-state index in [1.165, 1.54) is 0 Å². The van der Waals surface area contributed by atoms with Gasteiger partial charge >= 0.3 is 5.97 Å². The molecule has 0 amide bonds. The van der Waals surface area contributed by atoms with Crippen molar-refractivity contribution in [2.24, 2.45) is 0 Å². The Kier molecular flexibility index (Phi) is 6.45. The van der Waals surface area contributed by atoms with Crippen LogP contribution in [0.15, 0.2) is 121 Å². The smallest absolute Gasteiger partial charge is 0.340 e. The lowest BCUT2D eigenvalue weighted by atomic mass is 9.79. The first-order valence-electron chi connectivity index (χ1n) is 10.4. The van der Waals surface area contributed by atoms with Crippen LogP contribution in [0.3, 0.4) is 0 Å². The van der Waals surface area contributed by atoms with Gasteiger partial charge in [0.15, 0.2) is 17.8 Å². The Morgan fingerprint density at radius 3 is 1.44 bits per heavy atom. The molecule has 0 aromatic heterocycles. The first kappa shape index (κ1) is 21.5. The van der Waals surface area contributed by atoms with Gasteiger partial charge in [0.1, 0.15) is 0 Å². The number of hydrogen-bond acceptors (Lipinski definition) is 4. The highest BCUT2D eigenvalue weighted by Gasteiger charge is 2.44. The van der Waals surface area contributed by atoms with Crippen LogP contribution in [0, 0.1) is 0 Å². The third-order valence-electron chi connectivity index (χ3n) is 5.48. The van der Waals surface area contributed by atoms with Gasteiger partial charge in [-0.05, 0) is 22.3 Å². The van der Waals surface area contributed by atoms with Gasteiger partial charge in [0, 0.05) is 0 Å². The average molecular weight is 424 g/mol. The molecule has 0 aliphatic rings. The van der Waals surface area contributed by atoms with Crippen LogP contribution in [0.25, 0.3) is 0 Å². The van der Waals surface area contributed by atoms with Crippen molar-refractivity contribution in [2.75, 3.05) is 0 Å². The predicted molar refractivity (Wildman–Crippen MR) is 123 cm³/mol. The monoisotopic (exact) mass is 424 g/mol. The van der Waals surface area contributed by atoms with Gasteiger partial charge in [-0.1, -0.05) is 121 Å². The number of aliphatic hydroxyl groups excluding tert-OH is 1. The number of esters is 1. The highest BCUT2D eigenvalue weighted by molar-refractivity contribution is 5.76. The van der Waals surface area contributed by atoms with Crippen LogP contribution in [0.1, 0.15) is 34.5 Å². The van der Waals surface area contributed by atoms with Gasteiger partial charge in [0.25, 0.3) is 0 Å². The maximum Gasteiger partial charge on any atom is 0.340 e.